The minimum Gasteiger partial charge on any atom is -0.370 e. The molecule has 0 radical (unpaired) electrons. The maximum Gasteiger partial charge on any atom is 0.243 e. The fraction of sp³-hybridized carbons (Fsp3) is 0.240. The Kier molecular flexibility index (Phi) is 6.71. The number of nitrogens with zero attached hydrogens (tertiary/aromatic N) is 5. The van der Waals surface area contributed by atoms with Crippen LogP contribution in [0.2, 0.25) is 5.02 Å². The predicted molar refractivity (Wildman–Crippen MR) is 143 cm³/mol. The number of benzene rings is 2. The molecule has 11 heteroatoms. The monoisotopic (exact) mass is 518 g/mol. The van der Waals surface area contributed by atoms with Crippen molar-refractivity contribution in [3.63, 3.8) is 0 Å². The zero-order valence-corrected chi connectivity index (χ0v) is 21.3. The van der Waals surface area contributed by atoms with Crippen LogP contribution < -0.4 is 10.8 Å². The number of halogens is 1. The summed E-state index contributed by atoms with van der Waals surface area (Å²) < 4.78 is 29.8. The van der Waals surface area contributed by atoms with Gasteiger partial charge in [0.25, 0.3) is 0 Å². The molecule has 1 fully saturated rings. The van der Waals surface area contributed by atoms with Crippen LogP contribution in [-0.4, -0.2) is 54.8 Å². The van der Waals surface area contributed by atoms with Crippen molar-refractivity contribution < 1.29 is 8.42 Å². The lowest BCUT2D eigenvalue weighted by molar-refractivity contribution is 0.275. The number of aromatic nitrogens is 3. The molecular formula is C25H24BClN6O2S. The standard InChI is InChI=1S/C25H24BClN6O2S/c26-21-15-30-33-24(12-23(31-25(21)33)20-8-1-2-9-22(20)27)29-14-18-6-4-10-32(16-18)36(34,35)19-7-3-5-17(11-19)13-28/h1-3,5,7-9,11-12,15,18,29H,4,6,10,14,16,26H2. The van der Waals surface area contributed by atoms with E-state index in [1.165, 1.54) is 10.4 Å². The van der Waals surface area contributed by atoms with Gasteiger partial charge in [0.05, 0.1) is 22.2 Å². The lowest BCUT2D eigenvalue weighted by Crippen LogP contribution is -2.41. The zero-order valence-electron chi connectivity index (χ0n) is 19.7. The highest BCUT2D eigenvalue weighted by molar-refractivity contribution is 7.89. The van der Waals surface area contributed by atoms with Crippen LogP contribution in [0.4, 0.5) is 5.82 Å². The number of nitriles is 1. The maximum absolute atomic E-state index is 13.2. The normalized spacial score (nSPS) is 16.6. The van der Waals surface area contributed by atoms with E-state index in [4.69, 9.17) is 21.8 Å². The lowest BCUT2D eigenvalue weighted by atomic mass is 9.99. The van der Waals surface area contributed by atoms with E-state index >= 15 is 0 Å². The molecule has 0 saturated carbocycles. The summed E-state index contributed by atoms with van der Waals surface area (Å²) in [6.07, 6.45) is 3.44. The van der Waals surface area contributed by atoms with Gasteiger partial charge in [-0.05, 0) is 48.5 Å². The van der Waals surface area contributed by atoms with Crippen LogP contribution in [0.15, 0.2) is 65.7 Å². The fourth-order valence-electron chi connectivity index (χ4n) is 4.54. The molecule has 1 saturated heterocycles. The van der Waals surface area contributed by atoms with E-state index in [1.807, 2.05) is 44.2 Å². The molecular weight excluding hydrogens is 495 g/mol. The molecule has 1 N–H and O–H groups in total. The van der Waals surface area contributed by atoms with Gasteiger partial charge in [-0.2, -0.15) is 19.2 Å². The first-order valence-electron chi connectivity index (χ1n) is 11.7. The van der Waals surface area contributed by atoms with Gasteiger partial charge in [0.2, 0.25) is 10.0 Å². The molecule has 8 nitrogen and oxygen atoms in total. The molecule has 0 bridgehead atoms. The minimum absolute atomic E-state index is 0.108. The van der Waals surface area contributed by atoms with Crippen LogP contribution in [0, 0.1) is 17.2 Å². The van der Waals surface area contributed by atoms with Crippen molar-refractivity contribution in [3.05, 3.63) is 71.4 Å². The van der Waals surface area contributed by atoms with Crippen molar-refractivity contribution >= 4 is 46.4 Å². The van der Waals surface area contributed by atoms with Gasteiger partial charge in [-0.1, -0.05) is 35.9 Å². The van der Waals surface area contributed by atoms with Crippen molar-refractivity contribution in [1.29, 1.82) is 5.26 Å². The molecule has 3 heterocycles. The zero-order chi connectivity index (χ0) is 25.3. The van der Waals surface area contributed by atoms with Crippen molar-refractivity contribution in [3.8, 4) is 17.3 Å². The van der Waals surface area contributed by atoms with E-state index in [9.17, 15) is 8.42 Å². The van der Waals surface area contributed by atoms with E-state index in [2.05, 4.69) is 10.4 Å². The van der Waals surface area contributed by atoms with Crippen LogP contribution in [0.1, 0.15) is 18.4 Å². The smallest absolute Gasteiger partial charge is 0.243 e. The SMILES string of the molecule is Bc1cnn2c(NCC3CCCN(S(=O)(=O)c4cccc(C#N)c4)C3)cc(-c3ccccc3Cl)nc12. The van der Waals surface area contributed by atoms with Crippen molar-refractivity contribution in [2.45, 2.75) is 17.7 Å². The van der Waals surface area contributed by atoms with Gasteiger partial charge in [0, 0.05) is 42.5 Å². The second kappa shape index (κ2) is 9.93. The van der Waals surface area contributed by atoms with Crippen molar-refractivity contribution in [2.75, 3.05) is 25.0 Å². The molecule has 1 aliphatic rings. The van der Waals surface area contributed by atoms with Crippen LogP contribution in [0.3, 0.4) is 0 Å². The first-order valence-corrected chi connectivity index (χ1v) is 13.5. The Bertz CT molecular complexity index is 1580. The molecule has 0 aliphatic carbocycles. The summed E-state index contributed by atoms with van der Waals surface area (Å²) >= 11 is 6.44. The van der Waals surface area contributed by atoms with E-state index in [0.717, 1.165) is 41.0 Å². The molecule has 1 atom stereocenters. The molecule has 36 heavy (non-hydrogen) atoms. The average Bonchev–Trinajstić information content (AvgIpc) is 3.28. The molecule has 0 spiro atoms. The van der Waals surface area contributed by atoms with Crippen LogP contribution in [-0.2, 0) is 10.0 Å². The molecule has 0 amide bonds. The van der Waals surface area contributed by atoms with Crippen molar-refractivity contribution in [2.24, 2.45) is 5.92 Å². The Hall–Kier alpha value is -3.39. The number of hydrogen-bond acceptors (Lipinski definition) is 6. The highest BCUT2D eigenvalue weighted by Crippen LogP contribution is 2.29. The van der Waals surface area contributed by atoms with Crippen LogP contribution >= 0.6 is 11.6 Å². The third-order valence-corrected chi connectivity index (χ3v) is 8.64. The largest absolute Gasteiger partial charge is 0.370 e. The number of nitrogens with one attached hydrogen (secondary N) is 1. The number of anilines is 1. The third-order valence-electron chi connectivity index (χ3n) is 6.45. The first-order chi connectivity index (χ1) is 17.4. The average molecular weight is 519 g/mol. The summed E-state index contributed by atoms with van der Waals surface area (Å²) in [6, 6.07) is 17.7. The van der Waals surface area contributed by atoms with Gasteiger partial charge in [0.1, 0.15) is 13.7 Å². The summed E-state index contributed by atoms with van der Waals surface area (Å²) in [5.41, 5.74) is 3.59. The van der Waals surface area contributed by atoms with E-state index in [1.54, 1.807) is 28.9 Å². The number of piperidine rings is 1. The Labute approximate surface area is 216 Å². The molecule has 2 aromatic carbocycles. The number of sulfonamides is 1. The molecule has 182 valence electrons. The summed E-state index contributed by atoms with van der Waals surface area (Å²) in [5, 5.41) is 17.7. The Morgan fingerprint density at radius 3 is 2.83 bits per heavy atom. The van der Waals surface area contributed by atoms with E-state index < -0.39 is 10.0 Å². The molecule has 5 rings (SSSR count). The van der Waals surface area contributed by atoms with Gasteiger partial charge in [-0.15, -0.1) is 0 Å². The minimum atomic E-state index is -3.68. The number of hydrogen-bond donors (Lipinski definition) is 1. The molecule has 4 aromatic rings. The van der Waals surface area contributed by atoms with Gasteiger partial charge in [0.15, 0.2) is 5.65 Å². The van der Waals surface area contributed by atoms with Gasteiger partial charge in [-0.25, -0.2) is 13.4 Å². The number of fused-ring (bicyclic) bond motifs is 1. The molecule has 1 unspecified atom stereocenters. The lowest BCUT2D eigenvalue weighted by Gasteiger charge is -2.32. The second-order valence-electron chi connectivity index (χ2n) is 8.96. The van der Waals surface area contributed by atoms with Crippen LogP contribution in [0.25, 0.3) is 16.9 Å². The molecule has 2 aromatic heterocycles. The van der Waals surface area contributed by atoms with Crippen LogP contribution in [0.5, 0.6) is 0 Å². The topological polar surface area (TPSA) is 103 Å². The highest BCUT2D eigenvalue weighted by Gasteiger charge is 2.30. The van der Waals surface area contributed by atoms with Gasteiger partial charge >= 0.3 is 0 Å². The summed E-state index contributed by atoms with van der Waals surface area (Å²) in [5.74, 6) is 0.876. The first kappa shape index (κ1) is 24.3. The Morgan fingerprint density at radius 2 is 2.03 bits per heavy atom. The second-order valence-corrected chi connectivity index (χ2v) is 11.3. The van der Waals surface area contributed by atoms with Gasteiger partial charge in [-0.3, -0.25) is 0 Å². The summed E-state index contributed by atoms with van der Waals surface area (Å²) in [4.78, 5) is 4.93. The summed E-state index contributed by atoms with van der Waals surface area (Å²) in [7, 11) is -1.72. The van der Waals surface area contributed by atoms with Gasteiger partial charge < -0.3 is 5.32 Å². The highest BCUT2D eigenvalue weighted by atomic mass is 35.5. The van der Waals surface area contributed by atoms with E-state index in [-0.39, 0.29) is 10.8 Å². The molecule has 1 aliphatic heterocycles. The fourth-order valence-corrected chi connectivity index (χ4v) is 6.37. The number of rotatable bonds is 6. The Balaban J connectivity index is 1.38. The Morgan fingerprint density at radius 1 is 1.19 bits per heavy atom. The summed E-state index contributed by atoms with van der Waals surface area (Å²) in [6.45, 7) is 1.43. The predicted octanol–water partition coefficient (Wildman–Crippen LogP) is 2.69. The third kappa shape index (κ3) is 4.70. The quantitative estimate of drug-likeness (QED) is 0.394. The van der Waals surface area contributed by atoms with Crippen molar-refractivity contribution in [1.82, 2.24) is 18.9 Å². The van der Waals surface area contributed by atoms with E-state index in [0.29, 0.717) is 30.2 Å². The maximum atomic E-state index is 13.2.